The van der Waals surface area contributed by atoms with Crippen LogP contribution in [0.5, 0.6) is 0 Å². The maximum Gasteiger partial charge on any atom is 0.253 e. The minimum absolute atomic E-state index is 0.0238. The Morgan fingerprint density at radius 2 is 1.75 bits per heavy atom. The van der Waals surface area contributed by atoms with Crippen molar-refractivity contribution in [1.82, 2.24) is 5.32 Å². The van der Waals surface area contributed by atoms with E-state index in [9.17, 15) is 17.6 Å². The molecule has 0 fully saturated rings. The van der Waals surface area contributed by atoms with Crippen molar-refractivity contribution >= 4 is 39.1 Å². The molecule has 0 aliphatic rings. The molecule has 0 bridgehead atoms. The van der Waals surface area contributed by atoms with Crippen molar-refractivity contribution in [3.63, 3.8) is 0 Å². The number of nitrogens with two attached hydrogens (primary N) is 1. The Labute approximate surface area is 148 Å². The Bertz CT molecular complexity index is 886. The van der Waals surface area contributed by atoms with E-state index in [1.165, 1.54) is 24.3 Å². The number of primary sulfonamides is 1. The Hall–Kier alpha value is -1.67. The van der Waals surface area contributed by atoms with E-state index in [1.54, 1.807) is 6.92 Å². The highest BCUT2D eigenvalue weighted by Crippen LogP contribution is 2.25. The van der Waals surface area contributed by atoms with Crippen molar-refractivity contribution in [2.45, 2.75) is 17.9 Å². The average molecular weight is 391 g/mol. The summed E-state index contributed by atoms with van der Waals surface area (Å²) in [6.45, 7) is 1.68. The molecule has 0 heterocycles. The number of nitrogens with one attached hydrogen (secondary N) is 1. The molecule has 128 valence electrons. The maximum absolute atomic E-state index is 13.5. The molecule has 9 heteroatoms. The third kappa shape index (κ3) is 4.24. The van der Waals surface area contributed by atoms with Gasteiger partial charge in [-0.2, -0.15) is 0 Å². The lowest BCUT2D eigenvalue weighted by Gasteiger charge is -2.15. The normalized spacial score (nSPS) is 12.7. The van der Waals surface area contributed by atoms with Gasteiger partial charge in [-0.05, 0) is 36.8 Å². The number of carbonyl (C=O) groups is 1. The first-order valence-corrected chi connectivity index (χ1v) is 8.98. The lowest BCUT2D eigenvalue weighted by atomic mass is 10.1. The molecule has 0 saturated heterocycles. The number of amides is 1. The van der Waals surface area contributed by atoms with E-state index in [1.807, 2.05) is 0 Å². The van der Waals surface area contributed by atoms with Crippen molar-refractivity contribution in [1.29, 1.82) is 0 Å². The number of rotatable bonds is 4. The van der Waals surface area contributed by atoms with Crippen LogP contribution in [0.4, 0.5) is 4.39 Å². The second-order valence-electron chi connectivity index (χ2n) is 5.06. The van der Waals surface area contributed by atoms with Crippen LogP contribution in [0.3, 0.4) is 0 Å². The van der Waals surface area contributed by atoms with Gasteiger partial charge in [-0.3, -0.25) is 4.79 Å². The molecule has 5 nitrogen and oxygen atoms in total. The summed E-state index contributed by atoms with van der Waals surface area (Å²) in [6, 6.07) is 7.35. The summed E-state index contributed by atoms with van der Waals surface area (Å²) < 4.78 is 35.9. The van der Waals surface area contributed by atoms with E-state index in [2.05, 4.69) is 5.32 Å². The molecule has 0 aliphatic carbocycles. The van der Waals surface area contributed by atoms with Gasteiger partial charge in [0.25, 0.3) is 5.91 Å². The van der Waals surface area contributed by atoms with Crippen molar-refractivity contribution < 1.29 is 17.6 Å². The lowest BCUT2D eigenvalue weighted by molar-refractivity contribution is 0.0939. The SMILES string of the molecule is CC(NC(=O)c1cc(F)c(Cl)cc1Cl)c1ccc(S(N)(=O)=O)cc1. The fourth-order valence-corrected chi connectivity index (χ4v) is 2.98. The van der Waals surface area contributed by atoms with Gasteiger partial charge in [0.2, 0.25) is 10.0 Å². The molecule has 1 amide bonds. The number of hydrogen-bond acceptors (Lipinski definition) is 3. The molecule has 3 N–H and O–H groups in total. The van der Waals surface area contributed by atoms with Gasteiger partial charge >= 0.3 is 0 Å². The topological polar surface area (TPSA) is 89.3 Å². The Morgan fingerprint density at radius 3 is 2.29 bits per heavy atom. The molecule has 0 saturated carbocycles. The molecular weight excluding hydrogens is 378 g/mol. The van der Waals surface area contributed by atoms with E-state index in [4.69, 9.17) is 28.3 Å². The fourth-order valence-electron chi connectivity index (χ4n) is 2.00. The van der Waals surface area contributed by atoms with E-state index in [0.29, 0.717) is 5.56 Å². The predicted molar refractivity (Wildman–Crippen MR) is 90.1 cm³/mol. The Balaban J connectivity index is 2.19. The summed E-state index contributed by atoms with van der Waals surface area (Å²) in [5, 5.41) is 7.51. The number of carbonyl (C=O) groups excluding carboxylic acids is 1. The molecule has 1 atom stereocenters. The number of sulfonamides is 1. The van der Waals surface area contributed by atoms with Crippen molar-refractivity contribution in [3.8, 4) is 0 Å². The van der Waals surface area contributed by atoms with E-state index in [0.717, 1.165) is 12.1 Å². The minimum Gasteiger partial charge on any atom is -0.345 e. The van der Waals surface area contributed by atoms with Gasteiger partial charge in [0.15, 0.2) is 0 Å². The third-order valence-corrected chi connectivity index (χ3v) is 4.84. The molecule has 2 aromatic rings. The van der Waals surface area contributed by atoms with Gasteiger partial charge in [0.05, 0.1) is 26.5 Å². The van der Waals surface area contributed by atoms with Crippen molar-refractivity contribution in [2.75, 3.05) is 0 Å². The molecule has 0 aromatic heterocycles. The van der Waals surface area contributed by atoms with Gasteiger partial charge in [-0.1, -0.05) is 35.3 Å². The second kappa shape index (κ2) is 7.06. The molecule has 0 spiro atoms. The first kappa shape index (κ1) is 18.7. The van der Waals surface area contributed by atoms with E-state index >= 15 is 0 Å². The zero-order valence-electron chi connectivity index (χ0n) is 12.4. The van der Waals surface area contributed by atoms with Crippen LogP contribution >= 0.6 is 23.2 Å². The van der Waals surface area contributed by atoms with Gasteiger partial charge in [0, 0.05) is 0 Å². The first-order chi connectivity index (χ1) is 11.1. The molecule has 0 aliphatic heterocycles. The molecular formula is C15H13Cl2FN2O3S. The van der Waals surface area contributed by atoms with Crippen LogP contribution in [0.15, 0.2) is 41.3 Å². The van der Waals surface area contributed by atoms with Gasteiger partial charge in [0.1, 0.15) is 5.82 Å². The summed E-state index contributed by atoms with van der Waals surface area (Å²) >= 11 is 11.5. The van der Waals surface area contributed by atoms with Gasteiger partial charge in [-0.15, -0.1) is 0 Å². The first-order valence-electron chi connectivity index (χ1n) is 6.67. The van der Waals surface area contributed by atoms with Crippen molar-refractivity contribution in [3.05, 3.63) is 63.4 Å². The van der Waals surface area contributed by atoms with Crippen molar-refractivity contribution in [2.24, 2.45) is 5.14 Å². The van der Waals surface area contributed by atoms with E-state index < -0.39 is 27.8 Å². The standard InChI is InChI=1S/C15H13Cl2FN2O3S/c1-8(9-2-4-10(5-3-9)24(19,22)23)20-15(21)11-6-14(18)13(17)7-12(11)16/h2-8H,1H3,(H,20,21)(H2,19,22,23). The van der Waals surface area contributed by atoms with E-state index in [-0.39, 0.29) is 20.5 Å². The lowest BCUT2D eigenvalue weighted by Crippen LogP contribution is -2.27. The summed E-state index contributed by atoms with van der Waals surface area (Å²) in [7, 11) is -3.78. The number of hydrogen-bond donors (Lipinski definition) is 2. The highest BCUT2D eigenvalue weighted by atomic mass is 35.5. The second-order valence-corrected chi connectivity index (χ2v) is 7.43. The summed E-state index contributed by atoms with van der Waals surface area (Å²) in [6.07, 6.45) is 0. The number of halogens is 3. The smallest absolute Gasteiger partial charge is 0.253 e. The van der Waals surface area contributed by atoms with Gasteiger partial charge in [-0.25, -0.2) is 17.9 Å². The number of benzene rings is 2. The molecule has 2 aromatic carbocycles. The zero-order valence-corrected chi connectivity index (χ0v) is 14.7. The highest BCUT2D eigenvalue weighted by Gasteiger charge is 2.17. The Kier molecular flexibility index (Phi) is 5.49. The predicted octanol–water partition coefficient (Wildman–Crippen LogP) is 3.27. The highest BCUT2D eigenvalue weighted by molar-refractivity contribution is 7.89. The monoisotopic (exact) mass is 390 g/mol. The van der Waals surface area contributed by atoms with Crippen LogP contribution in [0.2, 0.25) is 10.0 Å². The largest absolute Gasteiger partial charge is 0.345 e. The molecule has 2 rings (SSSR count). The minimum atomic E-state index is -3.78. The maximum atomic E-state index is 13.5. The van der Waals surface area contributed by atoms with Crippen LogP contribution in [-0.2, 0) is 10.0 Å². The summed E-state index contributed by atoms with van der Waals surface area (Å²) in [5.41, 5.74) is 0.591. The molecule has 1 unspecified atom stereocenters. The summed E-state index contributed by atoms with van der Waals surface area (Å²) in [5.74, 6) is -1.34. The third-order valence-electron chi connectivity index (χ3n) is 3.31. The van der Waals surface area contributed by atoms with Crippen LogP contribution < -0.4 is 10.5 Å². The van der Waals surface area contributed by atoms with Gasteiger partial charge < -0.3 is 5.32 Å². The van der Waals surface area contributed by atoms with Crippen LogP contribution in [0.25, 0.3) is 0 Å². The zero-order chi connectivity index (χ0) is 18.1. The van der Waals surface area contributed by atoms with Crippen LogP contribution in [-0.4, -0.2) is 14.3 Å². The Morgan fingerprint density at radius 1 is 1.17 bits per heavy atom. The molecule has 24 heavy (non-hydrogen) atoms. The quantitative estimate of drug-likeness (QED) is 0.784. The average Bonchev–Trinajstić information content (AvgIpc) is 2.50. The summed E-state index contributed by atoms with van der Waals surface area (Å²) in [4.78, 5) is 12.2. The fraction of sp³-hybridized carbons (Fsp3) is 0.133. The van der Waals surface area contributed by atoms with Crippen LogP contribution in [0, 0.1) is 5.82 Å². The molecule has 0 radical (unpaired) electrons. The van der Waals surface area contributed by atoms with Crippen LogP contribution in [0.1, 0.15) is 28.9 Å².